The lowest BCUT2D eigenvalue weighted by molar-refractivity contribution is 0.383. The van der Waals surface area contributed by atoms with Crippen molar-refractivity contribution < 1.29 is 8.78 Å². The molecule has 148 valence electrons. The number of pyridine rings is 2. The largest absolute Gasteiger partial charge is 0.303 e. The van der Waals surface area contributed by atoms with Crippen molar-refractivity contribution in [1.29, 1.82) is 5.26 Å². The Hall–Kier alpha value is -3.09. The van der Waals surface area contributed by atoms with Gasteiger partial charge in [-0.1, -0.05) is 35.9 Å². The molecule has 4 rings (SSSR count). The van der Waals surface area contributed by atoms with Gasteiger partial charge in [-0.15, -0.1) is 0 Å². The molecule has 0 N–H and O–H groups in total. The highest BCUT2D eigenvalue weighted by molar-refractivity contribution is 6.29. The Kier molecular flexibility index (Phi) is 7.59. The predicted octanol–water partition coefficient (Wildman–Crippen LogP) is 6.04. The highest BCUT2D eigenvalue weighted by Crippen LogP contribution is 2.47. The van der Waals surface area contributed by atoms with Gasteiger partial charge in [0, 0.05) is 12.4 Å². The highest BCUT2D eigenvalue weighted by atomic mass is 35.5. The maximum absolute atomic E-state index is 13.4. The molecule has 2 aromatic rings. The number of hydrogen-bond donors (Lipinski definition) is 0. The summed E-state index contributed by atoms with van der Waals surface area (Å²) in [6.07, 6.45) is 5.90. The minimum absolute atomic E-state index is 0.0764. The number of allylic oxidation sites excluding steroid dienone is 1. The Morgan fingerprint density at radius 1 is 1.10 bits per heavy atom. The Bertz CT molecular complexity index is 954. The molecule has 0 bridgehead atoms. The number of rotatable bonds is 1. The first kappa shape index (κ1) is 22.2. The second kappa shape index (κ2) is 9.91. The molecule has 2 fully saturated rings. The van der Waals surface area contributed by atoms with Gasteiger partial charge in [0.15, 0.2) is 22.5 Å². The van der Waals surface area contributed by atoms with Crippen molar-refractivity contribution in [2.24, 2.45) is 5.92 Å². The summed E-state index contributed by atoms with van der Waals surface area (Å²) in [5.41, 5.74) is 1.71. The van der Waals surface area contributed by atoms with Gasteiger partial charge in [0.2, 0.25) is 0 Å². The fraction of sp³-hybridized carbons (Fsp3) is 0.273. The zero-order chi connectivity index (χ0) is 21.4. The van der Waals surface area contributed by atoms with E-state index in [0.717, 1.165) is 18.4 Å². The van der Waals surface area contributed by atoms with Crippen LogP contribution in [0.25, 0.3) is 4.85 Å². The van der Waals surface area contributed by atoms with Gasteiger partial charge in [0.05, 0.1) is 24.8 Å². The molecule has 2 aliphatic carbocycles. The van der Waals surface area contributed by atoms with Gasteiger partial charge in [-0.3, -0.25) is 0 Å². The zero-order valence-corrected chi connectivity index (χ0v) is 16.5. The fourth-order valence-electron chi connectivity index (χ4n) is 2.90. The van der Waals surface area contributed by atoms with Crippen LogP contribution in [0.4, 0.5) is 8.78 Å². The Labute approximate surface area is 174 Å². The Morgan fingerprint density at radius 3 is 2.03 bits per heavy atom. The fourth-order valence-corrected chi connectivity index (χ4v) is 3.02. The van der Waals surface area contributed by atoms with E-state index in [1.165, 1.54) is 42.2 Å². The topological polar surface area (TPSA) is 53.9 Å². The molecule has 2 aliphatic rings. The molecular formula is C22H19ClF2N4. The summed E-state index contributed by atoms with van der Waals surface area (Å²) in [5, 5.41) is 8.14. The van der Waals surface area contributed by atoms with E-state index in [0.29, 0.717) is 18.8 Å². The van der Waals surface area contributed by atoms with Gasteiger partial charge in [0.1, 0.15) is 0 Å². The second-order valence-electron chi connectivity index (χ2n) is 6.84. The Morgan fingerprint density at radius 2 is 1.69 bits per heavy atom. The van der Waals surface area contributed by atoms with E-state index in [4.69, 9.17) is 23.4 Å². The van der Waals surface area contributed by atoms with Crippen LogP contribution in [0, 0.1) is 35.5 Å². The maximum atomic E-state index is 13.4. The van der Waals surface area contributed by atoms with Gasteiger partial charge in [-0.25, -0.2) is 25.3 Å². The van der Waals surface area contributed by atoms with Gasteiger partial charge < -0.3 is 4.85 Å². The molecule has 0 spiro atoms. The normalized spacial score (nSPS) is 16.4. The van der Waals surface area contributed by atoms with Gasteiger partial charge in [-0.05, 0) is 37.1 Å². The quantitative estimate of drug-likeness (QED) is 0.326. The van der Waals surface area contributed by atoms with Crippen LogP contribution in [-0.4, -0.2) is 9.97 Å². The third-order valence-electron chi connectivity index (χ3n) is 4.46. The molecular weight excluding hydrogens is 394 g/mol. The number of hydrogen-bond acceptors (Lipinski definition) is 3. The molecule has 4 nitrogen and oxygen atoms in total. The molecule has 29 heavy (non-hydrogen) atoms. The van der Waals surface area contributed by atoms with Crippen LogP contribution < -0.4 is 0 Å². The lowest BCUT2D eigenvalue weighted by Gasteiger charge is -2.31. The maximum Gasteiger partial charge on any atom is 0.284 e. The number of nitrogens with zero attached hydrogens (tertiary/aromatic N) is 4. The summed E-state index contributed by atoms with van der Waals surface area (Å²) in [6, 6.07) is 7.79. The average molecular weight is 413 g/mol. The number of halogens is 3. The highest BCUT2D eigenvalue weighted by Gasteiger charge is 2.51. The van der Waals surface area contributed by atoms with E-state index in [-0.39, 0.29) is 10.8 Å². The third kappa shape index (κ3) is 5.70. The van der Waals surface area contributed by atoms with Crippen molar-refractivity contribution in [3.05, 3.63) is 94.9 Å². The third-order valence-corrected chi connectivity index (χ3v) is 4.74. The van der Waals surface area contributed by atoms with Crippen molar-refractivity contribution in [1.82, 2.24) is 9.97 Å². The molecule has 7 heteroatoms. The number of nitriles is 1. The van der Waals surface area contributed by atoms with Gasteiger partial charge in [-0.2, -0.15) is 5.26 Å². The van der Waals surface area contributed by atoms with Gasteiger partial charge in [0.25, 0.3) is 5.54 Å². The minimum Gasteiger partial charge on any atom is -0.303 e. The van der Waals surface area contributed by atoms with Crippen molar-refractivity contribution in [3.63, 3.8) is 0 Å². The molecule has 2 heterocycles. The average Bonchev–Trinajstić information content (AvgIpc) is 2.67. The van der Waals surface area contributed by atoms with Crippen molar-refractivity contribution in [2.75, 3.05) is 0 Å². The molecule has 0 radical (unpaired) electrons. The Balaban J connectivity index is 0.000000170. The molecule has 0 atom stereocenters. The van der Waals surface area contributed by atoms with E-state index in [1.54, 1.807) is 0 Å². The smallest absolute Gasteiger partial charge is 0.284 e. The molecule has 0 amide bonds. The van der Waals surface area contributed by atoms with E-state index in [9.17, 15) is 8.78 Å². The van der Waals surface area contributed by atoms with Crippen molar-refractivity contribution >= 4 is 11.6 Å². The lowest BCUT2D eigenvalue weighted by atomic mass is 9.71. The summed E-state index contributed by atoms with van der Waals surface area (Å²) < 4.78 is 25.5. The lowest BCUT2D eigenvalue weighted by Crippen LogP contribution is -2.34. The summed E-state index contributed by atoms with van der Waals surface area (Å²) >= 11 is 5.22. The summed E-state index contributed by atoms with van der Waals surface area (Å²) in [5.74, 6) is -0.572. The molecule has 0 aromatic carbocycles. The summed E-state index contributed by atoms with van der Waals surface area (Å²) in [6.45, 7) is 14.6. The monoisotopic (exact) mass is 412 g/mol. The van der Waals surface area contributed by atoms with Crippen molar-refractivity contribution in [2.45, 2.75) is 31.2 Å². The van der Waals surface area contributed by atoms with Crippen LogP contribution in [0.2, 0.25) is 5.15 Å². The van der Waals surface area contributed by atoms with E-state index in [1.807, 2.05) is 0 Å². The van der Waals surface area contributed by atoms with Gasteiger partial charge >= 0.3 is 0 Å². The van der Waals surface area contributed by atoms with Crippen LogP contribution >= 0.6 is 11.6 Å². The molecule has 0 aliphatic heterocycles. The van der Waals surface area contributed by atoms with Crippen LogP contribution in [0.5, 0.6) is 0 Å². The van der Waals surface area contributed by atoms with E-state index in [2.05, 4.69) is 34.0 Å². The second-order valence-corrected chi connectivity index (χ2v) is 7.20. The van der Waals surface area contributed by atoms with Crippen LogP contribution in [0.3, 0.4) is 0 Å². The minimum atomic E-state index is -0.775. The standard InChI is InChI=1S/C11H9FN2.C6H7N.C5H3ClFN/c1-8-6-11(7-8,13-2)10-9(12)4-3-5-14-10;1-5-2-6(3-5)4-7;6-5-4(7)2-1-3-8-5/h3-5H,1,6-7H2;6H,1-3H2;1-3H. The number of aromatic nitrogens is 2. The zero-order valence-electron chi connectivity index (χ0n) is 15.7. The summed E-state index contributed by atoms with van der Waals surface area (Å²) in [4.78, 5) is 10.9. The van der Waals surface area contributed by atoms with Crippen molar-refractivity contribution in [3.8, 4) is 6.07 Å². The van der Waals surface area contributed by atoms with E-state index >= 15 is 0 Å². The predicted molar refractivity (Wildman–Crippen MR) is 108 cm³/mol. The molecule has 0 saturated heterocycles. The van der Waals surface area contributed by atoms with E-state index < -0.39 is 17.2 Å². The first-order valence-corrected chi connectivity index (χ1v) is 9.17. The molecule has 0 unspecified atom stereocenters. The molecule has 2 aromatic heterocycles. The first-order valence-electron chi connectivity index (χ1n) is 8.80. The van der Waals surface area contributed by atoms with Crippen LogP contribution in [0.15, 0.2) is 61.0 Å². The van der Waals surface area contributed by atoms with Crippen LogP contribution in [-0.2, 0) is 5.54 Å². The molecule has 2 saturated carbocycles. The SMILES string of the molecule is C=C1CC(C#N)C1.Fc1cccnc1Cl.[C-]#[N+]C1(c2ncccc2F)CC(=C)C1. The van der Waals surface area contributed by atoms with Crippen LogP contribution in [0.1, 0.15) is 31.4 Å². The first-order chi connectivity index (χ1) is 13.8. The summed E-state index contributed by atoms with van der Waals surface area (Å²) in [7, 11) is 0.